The highest BCUT2D eigenvalue weighted by molar-refractivity contribution is 5.75. The van der Waals surface area contributed by atoms with Gasteiger partial charge in [-0.15, -0.1) is 0 Å². The van der Waals surface area contributed by atoms with Crippen LogP contribution in [0.1, 0.15) is 18.9 Å². The van der Waals surface area contributed by atoms with Gasteiger partial charge < -0.3 is 10.6 Å². The maximum absolute atomic E-state index is 13.6. The molecule has 1 aromatic rings. The van der Waals surface area contributed by atoms with Gasteiger partial charge in [-0.1, -0.05) is 19.1 Å². The van der Waals surface area contributed by atoms with Crippen LogP contribution in [0, 0.1) is 5.82 Å². The van der Waals surface area contributed by atoms with Gasteiger partial charge >= 0.3 is 0 Å². The number of benzene rings is 1. The molecule has 2 N–H and O–H groups in total. The number of fused-ring (bicyclic) bond motifs is 1. The van der Waals surface area contributed by atoms with Crippen molar-refractivity contribution in [3.05, 3.63) is 77.2 Å². The van der Waals surface area contributed by atoms with E-state index in [1.54, 1.807) is 12.1 Å². The Bertz CT molecular complexity index is 714. The first-order valence-corrected chi connectivity index (χ1v) is 7.36. The molecule has 0 amide bonds. The average Bonchev–Trinajstić information content (AvgIpc) is 2.52. The van der Waals surface area contributed by atoms with E-state index in [1.165, 1.54) is 24.4 Å². The van der Waals surface area contributed by atoms with Crippen LogP contribution in [0.2, 0.25) is 0 Å². The van der Waals surface area contributed by atoms with E-state index in [9.17, 15) is 8.78 Å². The van der Waals surface area contributed by atoms with E-state index in [0.717, 1.165) is 28.8 Å². The molecule has 0 radical (unpaired) electrons. The zero-order valence-electron chi connectivity index (χ0n) is 12.4. The van der Waals surface area contributed by atoms with Crippen LogP contribution in [0.5, 0.6) is 0 Å². The van der Waals surface area contributed by atoms with Gasteiger partial charge in [-0.25, -0.2) is 8.78 Å². The van der Waals surface area contributed by atoms with Crippen LogP contribution >= 0.6 is 0 Å². The van der Waals surface area contributed by atoms with Gasteiger partial charge in [-0.2, -0.15) is 0 Å². The van der Waals surface area contributed by atoms with Gasteiger partial charge in [0.25, 0.3) is 0 Å². The van der Waals surface area contributed by atoms with Crippen LogP contribution in [0.25, 0.3) is 5.57 Å². The van der Waals surface area contributed by atoms with Crippen LogP contribution in [0.3, 0.4) is 0 Å². The Morgan fingerprint density at radius 3 is 2.82 bits per heavy atom. The summed E-state index contributed by atoms with van der Waals surface area (Å²) in [6, 6.07) is 6.32. The largest absolute Gasteiger partial charge is 0.341 e. The monoisotopic (exact) mass is 300 g/mol. The smallest absolute Gasteiger partial charge is 0.139 e. The average molecular weight is 300 g/mol. The molecule has 114 valence electrons. The highest BCUT2D eigenvalue weighted by Gasteiger charge is 2.23. The predicted molar refractivity (Wildman–Crippen MR) is 84.7 cm³/mol. The van der Waals surface area contributed by atoms with E-state index in [-0.39, 0.29) is 17.7 Å². The third kappa shape index (κ3) is 2.74. The Kier molecular flexibility index (Phi) is 3.94. The molecule has 1 unspecified atom stereocenters. The van der Waals surface area contributed by atoms with E-state index < -0.39 is 0 Å². The summed E-state index contributed by atoms with van der Waals surface area (Å²) in [5.74, 6) is -0.580. The number of rotatable bonds is 3. The molecule has 1 atom stereocenters. The van der Waals surface area contributed by atoms with Crippen molar-refractivity contribution in [3.63, 3.8) is 0 Å². The third-order valence-electron chi connectivity index (χ3n) is 4.02. The quantitative estimate of drug-likeness (QED) is 0.917. The fourth-order valence-corrected chi connectivity index (χ4v) is 2.79. The Morgan fingerprint density at radius 2 is 2.09 bits per heavy atom. The lowest BCUT2D eigenvalue weighted by Gasteiger charge is -2.32. The van der Waals surface area contributed by atoms with E-state index in [2.05, 4.69) is 0 Å². The molecule has 3 rings (SSSR count). The predicted octanol–water partition coefficient (Wildman–Crippen LogP) is 3.90. The minimum atomic E-state index is -0.293. The van der Waals surface area contributed by atoms with Crippen molar-refractivity contribution in [2.24, 2.45) is 5.73 Å². The van der Waals surface area contributed by atoms with Crippen molar-refractivity contribution < 1.29 is 8.78 Å². The molecule has 0 saturated heterocycles. The van der Waals surface area contributed by atoms with Crippen LogP contribution in [-0.2, 0) is 0 Å². The Balaban J connectivity index is 2.11. The molecule has 22 heavy (non-hydrogen) atoms. The Hall–Kier alpha value is -2.20. The van der Waals surface area contributed by atoms with Gasteiger partial charge in [0.05, 0.1) is 0 Å². The summed E-state index contributed by atoms with van der Waals surface area (Å²) in [5, 5.41) is 0. The van der Waals surface area contributed by atoms with E-state index in [4.69, 9.17) is 5.73 Å². The molecule has 2 aliphatic heterocycles. The van der Waals surface area contributed by atoms with Crippen molar-refractivity contribution in [1.82, 2.24) is 4.90 Å². The second-order valence-electron chi connectivity index (χ2n) is 5.50. The van der Waals surface area contributed by atoms with Crippen molar-refractivity contribution >= 4 is 5.57 Å². The minimum Gasteiger partial charge on any atom is -0.341 e. The minimum absolute atomic E-state index is 0.128. The number of hydrogen-bond donors (Lipinski definition) is 1. The first-order valence-electron chi connectivity index (χ1n) is 7.36. The number of allylic oxidation sites excluding steroid dienone is 3. The molecule has 0 spiro atoms. The summed E-state index contributed by atoms with van der Waals surface area (Å²) in [4.78, 5) is 1.82. The van der Waals surface area contributed by atoms with Crippen LogP contribution in [0.4, 0.5) is 8.78 Å². The second-order valence-corrected chi connectivity index (χ2v) is 5.50. The molecule has 2 aliphatic rings. The van der Waals surface area contributed by atoms with Crippen LogP contribution in [-0.4, -0.2) is 17.5 Å². The number of nitrogens with zero attached hydrogens (tertiary/aromatic N) is 1. The van der Waals surface area contributed by atoms with E-state index >= 15 is 0 Å². The molecule has 0 bridgehead atoms. The molecular formula is C18H18F2N2. The molecule has 2 heterocycles. The lowest BCUT2D eigenvalue weighted by Crippen LogP contribution is -2.30. The summed E-state index contributed by atoms with van der Waals surface area (Å²) in [6.45, 7) is 2.50. The topological polar surface area (TPSA) is 29.3 Å². The third-order valence-corrected chi connectivity index (χ3v) is 4.02. The molecule has 0 saturated carbocycles. The number of hydrogen-bond acceptors (Lipinski definition) is 2. The van der Waals surface area contributed by atoms with Gasteiger partial charge in [0.15, 0.2) is 0 Å². The van der Waals surface area contributed by atoms with Gasteiger partial charge in [0, 0.05) is 24.5 Å². The Labute approximate surface area is 128 Å². The number of nitrogens with two attached hydrogens (primary N) is 1. The zero-order chi connectivity index (χ0) is 15.7. The van der Waals surface area contributed by atoms with Crippen molar-refractivity contribution in [3.8, 4) is 0 Å². The standard InChI is InChI=1S/C18H18F2N2/c1-2-18(21)16-9-15-7-6-14(20)10-22(15)11-17(16)12-4-3-5-13(19)8-12/h3-10,18H,2,11,21H2,1H3. The Morgan fingerprint density at radius 1 is 1.27 bits per heavy atom. The highest BCUT2D eigenvalue weighted by atomic mass is 19.1. The lowest BCUT2D eigenvalue weighted by atomic mass is 9.89. The zero-order valence-corrected chi connectivity index (χ0v) is 12.4. The second kappa shape index (κ2) is 5.89. The maximum atomic E-state index is 13.6. The summed E-state index contributed by atoms with van der Waals surface area (Å²) in [7, 11) is 0. The van der Waals surface area contributed by atoms with Gasteiger partial charge in [-0.05, 0) is 53.5 Å². The first-order chi connectivity index (χ1) is 10.6. The summed E-state index contributed by atoms with van der Waals surface area (Å²) < 4.78 is 27.0. The molecular weight excluding hydrogens is 282 g/mol. The summed E-state index contributed by atoms with van der Waals surface area (Å²) in [5.41, 5.74) is 9.85. The normalized spacial score (nSPS) is 18.8. The van der Waals surface area contributed by atoms with E-state index in [1.807, 2.05) is 24.0 Å². The van der Waals surface area contributed by atoms with E-state index in [0.29, 0.717) is 6.54 Å². The highest BCUT2D eigenvalue weighted by Crippen LogP contribution is 2.33. The SMILES string of the molecule is CCC(N)C1=C(c2cccc(F)c2)CN2C=C(F)C=CC2=C1. The van der Waals surface area contributed by atoms with Crippen LogP contribution < -0.4 is 5.73 Å². The number of halogens is 2. The maximum Gasteiger partial charge on any atom is 0.139 e. The first kappa shape index (κ1) is 14.7. The summed E-state index contributed by atoms with van der Waals surface area (Å²) in [6.07, 6.45) is 7.38. The van der Waals surface area contributed by atoms with Gasteiger partial charge in [-0.3, -0.25) is 0 Å². The molecule has 1 aromatic carbocycles. The van der Waals surface area contributed by atoms with Crippen molar-refractivity contribution in [2.75, 3.05) is 6.54 Å². The fraction of sp³-hybridized carbons (Fsp3) is 0.222. The summed E-state index contributed by atoms with van der Waals surface area (Å²) >= 11 is 0. The lowest BCUT2D eigenvalue weighted by molar-refractivity contribution is 0.493. The molecule has 2 nitrogen and oxygen atoms in total. The van der Waals surface area contributed by atoms with Gasteiger partial charge in [0.2, 0.25) is 0 Å². The van der Waals surface area contributed by atoms with Crippen molar-refractivity contribution in [2.45, 2.75) is 19.4 Å². The molecule has 0 fully saturated rings. The fourth-order valence-electron chi connectivity index (χ4n) is 2.79. The molecule has 0 aliphatic carbocycles. The van der Waals surface area contributed by atoms with Gasteiger partial charge in [0.1, 0.15) is 11.6 Å². The molecule has 0 aromatic heterocycles. The molecule has 4 heteroatoms. The van der Waals surface area contributed by atoms with Crippen LogP contribution in [0.15, 0.2) is 65.8 Å². The van der Waals surface area contributed by atoms with Crippen molar-refractivity contribution in [1.29, 1.82) is 0 Å².